The van der Waals surface area contributed by atoms with Crippen LogP contribution in [0.4, 0.5) is 0 Å². The highest BCUT2D eigenvalue weighted by atomic mass is 16.3. The van der Waals surface area contributed by atoms with Gasteiger partial charge in [-0.05, 0) is 82.9 Å². The number of hydrogen-bond acceptors (Lipinski definition) is 4. The normalized spacial score (nSPS) is 20.7. The van der Waals surface area contributed by atoms with Crippen LogP contribution in [-0.4, -0.2) is 54.9 Å². The number of piperidine rings is 1. The molecular weight excluding hydrogens is 336 g/mol. The first-order valence-corrected chi connectivity index (χ1v) is 10.7. The Morgan fingerprint density at radius 3 is 2.44 bits per heavy atom. The van der Waals surface area contributed by atoms with Crippen molar-refractivity contribution in [1.82, 2.24) is 9.80 Å². The maximum absolute atomic E-state index is 12.6. The van der Waals surface area contributed by atoms with E-state index in [2.05, 4.69) is 9.80 Å². The average Bonchev–Trinajstić information content (AvgIpc) is 2.96. The number of benzene rings is 1. The first-order valence-electron chi connectivity index (χ1n) is 10.7. The minimum absolute atomic E-state index is 0.106. The molecule has 0 radical (unpaired) electrons. The van der Waals surface area contributed by atoms with Gasteiger partial charge in [0.1, 0.15) is 5.58 Å². The number of likely N-dealkylation sites (tertiary alicyclic amines) is 2. The van der Waals surface area contributed by atoms with E-state index in [4.69, 9.17) is 4.42 Å². The zero-order valence-electron chi connectivity index (χ0n) is 16.4. The number of nitrogens with zero attached hydrogens (tertiary/aromatic N) is 2. The number of para-hydroxylation sites is 1. The van der Waals surface area contributed by atoms with Gasteiger partial charge in [-0.1, -0.05) is 31.0 Å². The molecule has 4 heteroatoms. The van der Waals surface area contributed by atoms with Crippen LogP contribution >= 0.6 is 0 Å². The van der Waals surface area contributed by atoms with Crippen LogP contribution in [-0.2, 0) is 0 Å². The van der Waals surface area contributed by atoms with Gasteiger partial charge in [-0.3, -0.25) is 9.69 Å². The van der Waals surface area contributed by atoms with Gasteiger partial charge >= 0.3 is 0 Å². The van der Waals surface area contributed by atoms with E-state index in [0.717, 1.165) is 30.0 Å². The predicted octanol–water partition coefficient (Wildman–Crippen LogP) is 4.59. The fourth-order valence-corrected chi connectivity index (χ4v) is 4.56. The lowest BCUT2D eigenvalue weighted by Gasteiger charge is -2.32. The summed E-state index contributed by atoms with van der Waals surface area (Å²) in [5.74, 6) is 1.43. The van der Waals surface area contributed by atoms with Gasteiger partial charge in [-0.25, -0.2) is 0 Å². The number of carbonyl (C=O) groups excluding carboxylic acids is 1. The third kappa shape index (κ3) is 4.99. The Morgan fingerprint density at radius 1 is 0.963 bits per heavy atom. The van der Waals surface area contributed by atoms with E-state index in [1.165, 1.54) is 64.6 Å². The van der Waals surface area contributed by atoms with E-state index in [1.54, 1.807) is 0 Å². The van der Waals surface area contributed by atoms with Crippen molar-refractivity contribution in [2.45, 2.75) is 44.9 Å². The Morgan fingerprint density at radius 2 is 1.70 bits per heavy atom. The third-order valence-corrected chi connectivity index (χ3v) is 6.33. The lowest BCUT2D eigenvalue weighted by molar-refractivity contribution is 0.0864. The molecular formula is C23H32N2O2. The third-order valence-electron chi connectivity index (χ3n) is 6.33. The van der Waals surface area contributed by atoms with E-state index in [9.17, 15) is 4.79 Å². The summed E-state index contributed by atoms with van der Waals surface area (Å²) in [5, 5.41) is 1.01. The largest absolute Gasteiger partial charge is 0.453 e. The molecule has 27 heavy (non-hydrogen) atoms. The summed E-state index contributed by atoms with van der Waals surface area (Å²) in [6.45, 7) is 6.42. The zero-order valence-corrected chi connectivity index (χ0v) is 16.4. The number of Topliss-reactive ketones (excluding diaryl/α,β-unsaturated/α-hetero) is 1. The van der Waals surface area contributed by atoms with Crippen molar-refractivity contribution in [3.63, 3.8) is 0 Å². The van der Waals surface area contributed by atoms with Crippen LogP contribution in [0.5, 0.6) is 0 Å². The van der Waals surface area contributed by atoms with E-state index in [-0.39, 0.29) is 5.78 Å². The van der Waals surface area contributed by atoms with Crippen LogP contribution < -0.4 is 0 Å². The Hall–Kier alpha value is -1.65. The van der Waals surface area contributed by atoms with Gasteiger partial charge < -0.3 is 9.32 Å². The van der Waals surface area contributed by atoms with Crippen LogP contribution in [0.2, 0.25) is 0 Å². The quantitative estimate of drug-likeness (QED) is 0.699. The highest BCUT2D eigenvalue weighted by Crippen LogP contribution is 2.23. The van der Waals surface area contributed by atoms with Gasteiger partial charge in [-0.2, -0.15) is 0 Å². The van der Waals surface area contributed by atoms with Crippen molar-refractivity contribution in [2.75, 3.05) is 39.3 Å². The average molecular weight is 369 g/mol. The molecule has 2 saturated heterocycles. The second-order valence-electron chi connectivity index (χ2n) is 8.34. The molecule has 0 amide bonds. The molecule has 146 valence electrons. The maximum Gasteiger partial charge on any atom is 0.211 e. The van der Waals surface area contributed by atoms with Crippen molar-refractivity contribution in [1.29, 1.82) is 0 Å². The first-order chi connectivity index (χ1) is 13.3. The van der Waals surface area contributed by atoms with Crippen molar-refractivity contribution >= 4 is 16.8 Å². The SMILES string of the molecule is O=C(CN1CCC(CCN2CCCCCC2)CC1)c1cc2ccccc2o1. The number of ketones is 1. The topological polar surface area (TPSA) is 36.7 Å². The molecule has 1 aromatic carbocycles. The summed E-state index contributed by atoms with van der Waals surface area (Å²) >= 11 is 0. The van der Waals surface area contributed by atoms with Crippen LogP contribution in [0.25, 0.3) is 11.0 Å². The first kappa shape index (κ1) is 18.7. The standard InChI is InChI=1S/C23H32N2O2/c26-21(23-17-20-7-3-4-8-22(20)27-23)18-25-15-10-19(11-16-25)9-14-24-12-5-1-2-6-13-24/h3-4,7-8,17,19H,1-2,5-6,9-16,18H2. The number of furan rings is 1. The molecule has 4 nitrogen and oxygen atoms in total. The molecule has 1 aromatic heterocycles. The van der Waals surface area contributed by atoms with E-state index in [0.29, 0.717) is 12.3 Å². The molecule has 0 aliphatic carbocycles. The van der Waals surface area contributed by atoms with Crippen molar-refractivity contribution in [3.8, 4) is 0 Å². The molecule has 0 saturated carbocycles. The van der Waals surface area contributed by atoms with Crippen LogP contribution in [0.15, 0.2) is 34.7 Å². The summed E-state index contributed by atoms with van der Waals surface area (Å²) in [6.07, 6.45) is 9.35. The van der Waals surface area contributed by atoms with Gasteiger partial charge in [0.05, 0.1) is 6.54 Å². The monoisotopic (exact) mass is 368 g/mol. The summed E-state index contributed by atoms with van der Waals surface area (Å²) < 4.78 is 5.73. The van der Waals surface area contributed by atoms with E-state index < -0.39 is 0 Å². The fourth-order valence-electron chi connectivity index (χ4n) is 4.56. The molecule has 0 N–H and O–H groups in total. The molecule has 2 fully saturated rings. The molecule has 2 aliphatic heterocycles. The minimum Gasteiger partial charge on any atom is -0.453 e. The molecule has 0 spiro atoms. The van der Waals surface area contributed by atoms with Crippen LogP contribution in [0, 0.1) is 5.92 Å². The number of hydrogen-bond donors (Lipinski definition) is 0. The van der Waals surface area contributed by atoms with Gasteiger partial charge in [0.2, 0.25) is 5.78 Å². The number of fused-ring (bicyclic) bond motifs is 1. The summed E-state index contributed by atoms with van der Waals surface area (Å²) in [6, 6.07) is 9.71. The fraction of sp³-hybridized carbons (Fsp3) is 0.609. The Bertz CT molecular complexity index is 705. The number of carbonyl (C=O) groups is 1. The summed E-state index contributed by atoms with van der Waals surface area (Å²) in [5.41, 5.74) is 0.799. The smallest absolute Gasteiger partial charge is 0.211 e. The number of rotatable bonds is 6. The highest BCUT2D eigenvalue weighted by Gasteiger charge is 2.23. The second kappa shape index (κ2) is 9.03. The van der Waals surface area contributed by atoms with Gasteiger partial charge in [0.25, 0.3) is 0 Å². The van der Waals surface area contributed by atoms with E-state index in [1.807, 2.05) is 30.3 Å². The predicted molar refractivity (Wildman–Crippen MR) is 109 cm³/mol. The Kier molecular flexibility index (Phi) is 6.25. The Labute approximate surface area is 162 Å². The Balaban J connectivity index is 1.21. The van der Waals surface area contributed by atoms with Crippen molar-refractivity contribution < 1.29 is 9.21 Å². The van der Waals surface area contributed by atoms with Crippen molar-refractivity contribution in [3.05, 3.63) is 36.1 Å². The van der Waals surface area contributed by atoms with Crippen LogP contribution in [0.3, 0.4) is 0 Å². The van der Waals surface area contributed by atoms with Crippen LogP contribution in [0.1, 0.15) is 55.5 Å². The molecule has 4 rings (SSSR count). The maximum atomic E-state index is 12.6. The summed E-state index contributed by atoms with van der Waals surface area (Å²) in [4.78, 5) is 17.6. The van der Waals surface area contributed by atoms with Crippen molar-refractivity contribution in [2.24, 2.45) is 5.92 Å². The molecule has 0 unspecified atom stereocenters. The summed E-state index contributed by atoms with van der Waals surface area (Å²) in [7, 11) is 0. The second-order valence-corrected chi connectivity index (χ2v) is 8.34. The lowest BCUT2D eigenvalue weighted by atomic mass is 9.93. The van der Waals surface area contributed by atoms with E-state index >= 15 is 0 Å². The highest BCUT2D eigenvalue weighted by molar-refractivity contribution is 5.98. The van der Waals surface area contributed by atoms with Gasteiger partial charge in [-0.15, -0.1) is 0 Å². The zero-order chi connectivity index (χ0) is 18.5. The minimum atomic E-state index is 0.106. The molecule has 2 aliphatic rings. The van der Waals surface area contributed by atoms with Gasteiger partial charge in [0, 0.05) is 5.39 Å². The molecule has 3 heterocycles. The molecule has 0 atom stereocenters. The molecule has 2 aromatic rings. The van der Waals surface area contributed by atoms with Gasteiger partial charge in [0.15, 0.2) is 5.76 Å². The lowest BCUT2D eigenvalue weighted by Crippen LogP contribution is -2.38. The molecule has 0 bridgehead atoms.